The number of halogens is 5. The van der Waals surface area contributed by atoms with Gasteiger partial charge in [0.25, 0.3) is 0 Å². The van der Waals surface area contributed by atoms with E-state index >= 15 is 0 Å². The molecule has 4 nitrogen and oxygen atoms in total. The molecule has 20 heavy (non-hydrogen) atoms. The van der Waals surface area contributed by atoms with Crippen LogP contribution in [0, 0.1) is 5.82 Å². The fourth-order valence-corrected chi connectivity index (χ4v) is 1.59. The van der Waals surface area contributed by atoms with E-state index in [-0.39, 0.29) is 22.7 Å². The zero-order valence-corrected chi connectivity index (χ0v) is 10.6. The number of alkyl halides is 3. The quantitative estimate of drug-likeness (QED) is 0.798. The number of aromatic nitrogens is 3. The molecule has 9 heteroatoms. The summed E-state index contributed by atoms with van der Waals surface area (Å²) in [5, 5.41) is -0.216. The topological polar surface area (TPSA) is 47.9 Å². The molecule has 0 N–H and O–H groups in total. The van der Waals surface area contributed by atoms with Crippen LogP contribution in [0.4, 0.5) is 17.6 Å². The lowest BCUT2D eigenvalue weighted by Crippen LogP contribution is -2.08. The molecule has 1 aromatic carbocycles. The van der Waals surface area contributed by atoms with Gasteiger partial charge in [-0.25, -0.2) is 4.39 Å². The van der Waals surface area contributed by atoms with Crippen molar-refractivity contribution in [3.63, 3.8) is 0 Å². The van der Waals surface area contributed by atoms with Crippen molar-refractivity contribution in [2.24, 2.45) is 0 Å². The molecule has 106 valence electrons. The molecule has 0 fully saturated rings. The molecule has 1 aromatic heterocycles. The molecule has 0 bridgehead atoms. The normalized spacial score (nSPS) is 11.5. The van der Waals surface area contributed by atoms with Gasteiger partial charge in [-0.2, -0.15) is 28.1 Å². The van der Waals surface area contributed by atoms with Crippen molar-refractivity contribution in [2.75, 3.05) is 7.11 Å². The van der Waals surface area contributed by atoms with Gasteiger partial charge >= 0.3 is 12.2 Å². The van der Waals surface area contributed by atoms with E-state index in [0.717, 1.165) is 6.07 Å². The van der Waals surface area contributed by atoms with Crippen molar-refractivity contribution in [3.05, 3.63) is 34.9 Å². The summed E-state index contributed by atoms with van der Waals surface area (Å²) < 4.78 is 55.5. The molecule has 0 spiro atoms. The van der Waals surface area contributed by atoms with Crippen LogP contribution in [0.5, 0.6) is 6.01 Å². The molecule has 0 radical (unpaired) electrons. The third kappa shape index (κ3) is 2.96. The number of nitrogens with zero attached hydrogens (tertiary/aromatic N) is 3. The van der Waals surface area contributed by atoms with Crippen LogP contribution in [0.15, 0.2) is 18.2 Å². The molecular weight excluding hydrogens is 302 g/mol. The summed E-state index contributed by atoms with van der Waals surface area (Å²) in [6.07, 6.45) is -4.77. The first-order valence-corrected chi connectivity index (χ1v) is 5.51. The number of hydrogen-bond acceptors (Lipinski definition) is 4. The highest BCUT2D eigenvalue weighted by molar-refractivity contribution is 6.28. The van der Waals surface area contributed by atoms with Gasteiger partial charge in [-0.3, -0.25) is 0 Å². The van der Waals surface area contributed by atoms with Crippen molar-refractivity contribution in [3.8, 4) is 17.4 Å². The minimum Gasteiger partial charge on any atom is -0.467 e. The van der Waals surface area contributed by atoms with Gasteiger partial charge in [0.05, 0.1) is 12.7 Å². The van der Waals surface area contributed by atoms with E-state index in [0.29, 0.717) is 12.1 Å². The molecule has 0 unspecified atom stereocenters. The Kier molecular flexibility index (Phi) is 3.76. The van der Waals surface area contributed by atoms with Gasteiger partial charge in [-0.05, 0) is 23.7 Å². The number of ether oxygens (including phenoxy) is 1. The molecular formula is C11H6ClF4N3O. The Hall–Kier alpha value is -1.96. The first-order valence-electron chi connectivity index (χ1n) is 5.14. The predicted molar refractivity (Wildman–Crippen MR) is 61.8 cm³/mol. The highest BCUT2D eigenvalue weighted by atomic mass is 35.5. The second kappa shape index (κ2) is 5.20. The zero-order valence-electron chi connectivity index (χ0n) is 9.87. The monoisotopic (exact) mass is 307 g/mol. The molecule has 0 aliphatic heterocycles. The summed E-state index contributed by atoms with van der Waals surface area (Å²) in [6.45, 7) is 0. The summed E-state index contributed by atoms with van der Waals surface area (Å²) in [6, 6.07) is 2.19. The number of methoxy groups -OCH3 is 1. The minimum atomic E-state index is -4.77. The van der Waals surface area contributed by atoms with Crippen molar-refractivity contribution in [2.45, 2.75) is 6.18 Å². The fourth-order valence-electron chi connectivity index (χ4n) is 1.44. The summed E-state index contributed by atoms with van der Waals surface area (Å²) in [4.78, 5) is 11.1. The largest absolute Gasteiger partial charge is 0.467 e. The number of rotatable bonds is 2. The van der Waals surface area contributed by atoms with Crippen LogP contribution in [-0.2, 0) is 6.18 Å². The SMILES string of the molecule is COc1nc(Cl)nc(-c2ccc(C(F)(F)F)c(F)c2)n1. The summed E-state index contributed by atoms with van der Waals surface area (Å²) in [5.74, 6) is -1.51. The lowest BCUT2D eigenvalue weighted by atomic mass is 10.1. The van der Waals surface area contributed by atoms with Crippen LogP contribution in [0.3, 0.4) is 0 Å². The molecule has 2 rings (SSSR count). The summed E-state index contributed by atoms with van der Waals surface area (Å²) in [5.41, 5.74) is -1.34. The first-order chi connectivity index (χ1) is 9.31. The Morgan fingerprint density at radius 3 is 2.40 bits per heavy atom. The molecule has 0 saturated carbocycles. The van der Waals surface area contributed by atoms with Gasteiger partial charge in [0.1, 0.15) is 5.82 Å². The van der Waals surface area contributed by atoms with Gasteiger partial charge in [0, 0.05) is 5.56 Å². The average molecular weight is 308 g/mol. The maximum Gasteiger partial charge on any atom is 0.419 e. The van der Waals surface area contributed by atoms with Crippen LogP contribution in [0.2, 0.25) is 5.28 Å². The fraction of sp³-hybridized carbons (Fsp3) is 0.182. The molecule has 0 atom stereocenters. The molecule has 1 heterocycles. The van der Waals surface area contributed by atoms with Crippen LogP contribution in [0.25, 0.3) is 11.4 Å². The number of benzene rings is 1. The Morgan fingerprint density at radius 1 is 1.15 bits per heavy atom. The molecule has 2 aromatic rings. The van der Waals surface area contributed by atoms with E-state index in [1.54, 1.807) is 0 Å². The van der Waals surface area contributed by atoms with E-state index in [2.05, 4.69) is 15.0 Å². The lowest BCUT2D eigenvalue weighted by molar-refractivity contribution is -0.139. The average Bonchev–Trinajstić information content (AvgIpc) is 2.36. The Bertz CT molecular complexity index is 648. The Morgan fingerprint density at radius 2 is 1.85 bits per heavy atom. The maximum absolute atomic E-state index is 13.5. The maximum atomic E-state index is 13.5. The molecule has 0 amide bonds. The van der Waals surface area contributed by atoms with Gasteiger partial charge in [-0.1, -0.05) is 6.07 Å². The van der Waals surface area contributed by atoms with Crippen LogP contribution in [0.1, 0.15) is 5.56 Å². The number of hydrogen-bond donors (Lipinski definition) is 0. The summed E-state index contributed by atoms with van der Waals surface area (Å²) in [7, 11) is 1.28. The van der Waals surface area contributed by atoms with Gasteiger partial charge in [-0.15, -0.1) is 0 Å². The second-order valence-electron chi connectivity index (χ2n) is 3.61. The van der Waals surface area contributed by atoms with Gasteiger partial charge < -0.3 is 4.74 Å². The van der Waals surface area contributed by atoms with E-state index in [1.807, 2.05) is 0 Å². The first kappa shape index (κ1) is 14.4. The van der Waals surface area contributed by atoms with Gasteiger partial charge in [0.2, 0.25) is 5.28 Å². The van der Waals surface area contributed by atoms with Crippen molar-refractivity contribution in [1.82, 2.24) is 15.0 Å². The Labute approximate surface area is 115 Å². The Balaban J connectivity index is 2.49. The van der Waals surface area contributed by atoms with Crippen molar-refractivity contribution < 1.29 is 22.3 Å². The molecule has 0 aliphatic rings. The van der Waals surface area contributed by atoms with E-state index in [1.165, 1.54) is 7.11 Å². The zero-order chi connectivity index (χ0) is 14.9. The van der Waals surface area contributed by atoms with Crippen LogP contribution >= 0.6 is 11.6 Å². The van der Waals surface area contributed by atoms with E-state index in [9.17, 15) is 17.6 Å². The summed E-state index contributed by atoms with van der Waals surface area (Å²) >= 11 is 5.61. The van der Waals surface area contributed by atoms with Gasteiger partial charge in [0.15, 0.2) is 5.82 Å². The predicted octanol–water partition coefficient (Wildman–Crippen LogP) is 3.36. The highest BCUT2D eigenvalue weighted by Gasteiger charge is 2.34. The third-order valence-corrected chi connectivity index (χ3v) is 2.47. The van der Waals surface area contributed by atoms with Crippen molar-refractivity contribution >= 4 is 11.6 Å². The van der Waals surface area contributed by atoms with E-state index in [4.69, 9.17) is 16.3 Å². The molecule has 0 aliphatic carbocycles. The van der Waals surface area contributed by atoms with Crippen molar-refractivity contribution in [1.29, 1.82) is 0 Å². The molecule has 0 saturated heterocycles. The lowest BCUT2D eigenvalue weighted by Gasteiger charge is -2.09. The van der Waals surface area contributed by atoms with Crippen LogP contribution in [-0.4, -0.2) is 22.1 Å². The van der Waals surface area contributed by atoms with E-state index < -0.39 is 17.6 Å². The second-order valence-corrected chi connectivity index (χ2v) is 3.95. The smallest absolute Gasteiger partial charge is 0.419 e. The highest BCUT2D eigenvalue weighted by Crippen LogP contribution is 2.33. The van der Waals surface area contributed by atoms with Crippen LogP contribution < -0.4 is 4.74 Å². The standard InChI is InChI=1S/C11H6ClF4N3O/c1-20-10-18-8(17-9(12)19-10)5-2-3-6(7(13)4-5)11(14,15)16/h2-4H,1H3. The third-order valence-electron chi connectivity index (χ3n) is 2.30. The minimum absolute atomic E-state index is 0.0260.